The summed E-state index contributed by atoms with van der Waals surface area (Å²) in [5.41, 5.74) is 7.18. The van der Waals surface area contributed by atoms with E-state index in [1.165, 1.54) is 0 Å². The van der Waals surface area contributed by atoms with E-state index in [-0.39, 0.29) is 19.0 Å². The third kappa shape index (κ3) is 3.20. The van der Waals surface area contributed by atoms with Crippen LogP contribution in [0.2, 0.25) is 0 Å². The molecule has 1 aromatic rings. The molecule has 1 atom stereocenters. The first-order chi connectivity index (χ1) is 7.19. The lowest BCUT2D eigenvalue weighted by Gasteiger charge is -2.12. The van der Waals surface area contributed by atoms with Crippen LogP contribution in [0.25, 0.3) is 0 Å². The molecule has 15 heavy (non-hydrogen) atoms. The first-order valence-corrected chi connectivity index (χ1v) is 4.98. The Bertz CT molecular complexity index is 315. The quantitative estimate of drug-likeness (QED) is 0.564. The molecule has 0 amide bonds. The number of phenolic OH excluding ortho intramolecular Hbond substituents is 1. The second kappa shape index (κ2) is 5.70. The Labute approximate surface area is 89.0 Å². The standard InChI is InChI=1S/C11H17NO3/c12-10(7-14)9-6-8(2-1-5-13)3-4-11(9)15/h3-4,6,10,13-15H,1-2,5,7,12H2/t10-/m1/s1. The summed E-state index contributed by atoms with van der Waals surface area (Å²) in [4.78, 5) is 0. The lowest BCUT2D eigenvalue weighted by Crippen LogP contribution is -2.14. The van der Waals surface area contributed by atoms with E-state index < -0.39 is 6.04 Å². The molecular weight excluding hydrogens is 194 g/mol. The average Bonchev–Trinajstić information content (AvgIpc) is 2.27. The van der Waals surface area contributed by atoms with Crippen LogP contribution in [0.15, 0.2) is 18.2 Å². The van der Waals surface area contributed by atoms with Crippen molar-refractivity contribution in [2.45, 2.75) is 18.9 Å². The zero-order chi connectivity index (χ0) is 11.3. The molecule has 0 aromatic heterocycles. The number of aromatic hydroxyl groups is 1. The van der Waals surface area contributed by atoms with E-state index in [1.54, 1.807) is 18.2 Å². The minimum absolute atomic E-state index is 0.101. The number of aliphatic hydroxyl groups excluding tert-OH is 2. The van der Waals surface area contributed by atoms with E-state index >= 15 is 0 Å². The molecule has 1 rings (SSSR count). The maximum absolute atomic E-state index is 9.52. The molecule has 0 aliphatic rings. The summed E-state index contributed by atoms with van der Waals surface area (Å²) in [7, 11) is 0. The Morgan fingerprint density at radius 2 is 2.00 bits per heavy atom. The number of nitrogens with two attached hydrogens (primary N) is 1. The number of aryl methyl sites for hydroxylation is 1. The second-order valence-electron chi connectivity index (χ2n) is 3.51. The Morgan fingerprint density at radius 3 is 2.60 bits per heavy atom. The number of hydrogen-bond acceptors (Lipinski definition) is 4. The van der Waals surface area contributed by atoms with Crippen LogP contribution in [0.1, 0.15) is 23.6 Å². The maximum atomic E-state index is 9.52. The Balaban J connectivity index is 2.84. The van der Waals surface area contributed by atoms with E-state index in [0.717, 1.165) is 12.0 Å². The topological polar surface area (TPSA) is 86.7 Å². The molecule has 0 unspecified atom stereocenters. The van der Waals surface area contributed by atoms with Gasteiger partial charge in [0.15, 0.2) is 0 Å². The summed E-state index contributed by atoms with van der Waals surface area (Å²) < 4.78 is 0. The van der Waals surface area contributed by atoms with E-state index in [9.17, 15) is 5.11 Å². The van der Waals surface area contributed by atoms with E-state index in [0.29, 0.717) is 12.0 Å². The number of benzene rings is 1. The van der Waals surface area contributed by atoms with Crippen molar-refractivity contribution < 1.29 is 15.3 Å². The van der Waals surface area contributed by atoms with Gasteiger partial charge in [-0.2, -0.15) is 0 Å². The molecule has 0 aliphatic carbocycles. The minimum atomic E-state index is -0.556. The first-order valence-electron chi connectivity index (χ1n) is 4.98. The minimum Gasteiger partial charge on any atom is -0.508 e. The van der Waals surface area contributed by atoms with Gasteiger partial charge in [0.1, 0.15) is 5.75 Å². The normalized spacial score (nSPS) is 12.7. The van der Waals surface area contributed by atoms with Gasteiger partial charge >= 0.3 is 0 Å². The van der Waals surface area contributed by atoms with Crippen molar-refractivity contribution in [2.75, 3.05) is 13.2 Å². The van der Waals surface area contributed by atoms with Crippen LogP contribution < -0.4 is 5.73 Å². The molecule has 1 aromatic carbocycles. The molecule has 0 bridgehead atoms. The highest BCUT2D eigenvalue weighted by Crippen LogP contribution is 2.24. The van der Waals surface area contributed by atoms with Crippen LogP contribution in [0.3, 0.4) is 0 Å². The van der Waals surface area contributed by atoms with Crippen molar-refractivity contribution >= 4 is 0 Å². The van der Waals surface area contributed by atoms with Crippen LogP contribution >= 0.6 is 0 Å². The zero-order valence-electron chi connectivity index (χ0n) is 8.56. The molecule has 0 radical (unpaired) electrons. The van der Waals surface area contributed by atoms with Crippen LogP contribution in [0.5, 0.6) is 5.75 Å². The number of phenols is 1. The van der Waals surface area contributed by atoms with E-state index in [4.69, 9.17) is 15.9 Å². The van der Waals surface area contributed by atoms with Crippen molar-refractivity contribution in [2.24, 2.45) is 5.73 Å². The Kier molecular flexibility index (Phi) is 4.55. The largest absolute Gasteiger partial charge is 0.508 e. The monoisotopic (exact) mass is 211 g/mol. The van der Waals surface area contributed by atoms with Crippen LogP contribution in [0, 0.1) is 0 Å². The molecule has 4 nitrogen and oxygen atoms in total. The second-order valence-corrected chi connectivity index (χ2v) is 3.51. The Morgan fingerprint density at radius 1 is 1.27 bits per heavy atom. The molecule has 84 valence electrons. The highest BCUT2D eigenvalue weighted by molar-refractivity contribution is 5.38. The van der Waals surface area contributed by atoms with Gasteiger partial charge in [0, 0.05) is 12.2 Å². The van der Waals surface area contributed by atoms with Gasteiger partial charge in [0.2, 0.25) is 0 Å². The maximum Gasteiger partial charge on any atom is 0.120 e. The van der Waals surface area contributed by atoms with Crippen LogP contribution in [0.4, 0.5) is 0 Å². The SMILES string of the molecule is N[C@H](CO)c1cc(CCCO)ccc1O. The molecule has 0 saturated heterocycles. The lowest BCUT2D eigenvalue weighted by molar-refractivity contribution is 0.265. The van der Waals surface area contributed by atoms with Crippen LogP contribution in [-0.2, 0) is 6.42 Å². The molecule has 0 fully saturated rings. The fourth-order valence-corrected chi connectivity index (χ4v) is 1.44. The van der Waals surface area contributed by atoms with Gasteiger partial charge in [-0.25, -0.2) is 0 Å². The fraction of sp³-hybridized carbons (Fsp3) is 0.455. The third-order valence-corrected chi connectivity index (χ3v) is 2.31. The highest BCUT2D eigenvalue weighted by atomic mass is 16.3. The molecule has 5 N–H and O–H groups in total. The van der Waals surface area contributed by atoms with E-state index in [2.05, 4.69) is 0 Å². The average molecular weight is 211 g/mol. The highest BCUT2D eigenvalue weighted by Gasteiger charge is 2.10. The van der Waals surface area contributed by atoms with Gasteiger partial charge in [-0.15, -0.1) is 0 Å². The van der Waals surface area contributed by atoms with Crippen molar-refractivity contribution in [1.29, 1.82) is 0 Å². The van der Waals surface area contributed by atoms with Crippen molar-refractivity contribution in [1.82, 2.24) is 0 Å². The van der Waals surface area contributed by atoms with Crippen molar-refractivity contribution in [3.05, 3.63) is 29.3 Å². The summed E-state index contributed by atoms with van der Waals surface area (Å²) in [6, 6.07) is 4.57. The summed E-state index contributed by atoms with van der Waals surface area (Å²) >= 11 is 0. The fourth-order valence-electron chi connectivity index (χ4n) is 1.44. The molecule has 0 saturated carbocycles. The predicted molar refractivity (Wildman–Crippen MR) is 57.5 cm³/mol. The van der Waals surface area contributed by atoms with Gasteiger partial charge < -0.3 is 21.1 Å². The summed E-state index contributed by atoms with van der Waals surface area (Å²) in [5.74, 6) is 0.101. The number of rotatable bonds is 5. The Hall–Kier alpha value is -1.10. The van der Waals surface area contributed by atoms with Gasteiger partial charge in [-0.3, -0.25) is 0 Å². The lowest BCUT2D eigenvalue weighted by atomic mass is 10.0. The van der Waals surface area contributed by atoms with Crippen LogP contribution in [-0.4, -0.2) is 28.5 Å². The number of hydrogen-bond donors (Lipinski definition) is 4. The van der Waals surface area contributed by atoms with Crippen molar-refractivity contribution in [3.8, 4) is 5.75 Å². The molecule has 0 heterocycles. The summed E-state index contributed by atoms with van der Waals surface area (Å²) in [5, 5.41) is 27.1. The molecule has 0 spiro atoms. The predicted octanol–water partition coefficient (Wildman–Crippen LogP) is 0.309. The summed E-state index contributed by atoms with van der Waals surface area (Å²) in [6.07, 6.45) is 1.42. The summed E-state index contributed by atoms with van der Waals surface area (Å²) in [6.45, 7) is -0.0563. The van der Waals surface area contributed by atoms with Gasteiger partial charge in [0.25, 0.3) is 0 Å². The van der Waals surface area contributed by atoms with E-state index in [1.807, 2.05) is 0 Å². The molecule has 0 aliphatic heterocycles. The smallest absolute Gasteiger partial charge is 0.120 e. The van der Waals surface area contributed by atoms with Gasteiger partial charge in [-0.1, -0.05) is 12.1 Å². The zero-order valence-corrected chi connectivity index (χ0v) is 8.56. The number of aliphatic hydroxyl groups is 2. The van der Waals surface area contributed by atoms with Gasteiger partial charge in [-0.05, 0) is 24.5 Å². The third-order valence-electron chi connectivity index (χ3n) is 2.31. The molecular formula is C11H17NO3. The van der Waals surface area contributed by atoms with Gasteiger partial charge in [0.05, 0.1) is 12.6 Å². The molecule has 4 heteroatoms. The van der Waals surface area contributed by atoms with Crippen molar-refractivity contribution in [3.63, 3.8) is 0 Å². The first kappa shape index (κ1) is 12.0.